The van der Waals surface area contributed by atoms with E-state index in [-0.39, 0.29) is 5.41 Å². The second kappa shape index (κ2) is 11.7. The van der Waals surface area contributed by atoms with Gasteiger partial charge in [0.25, 0.3) is 0 Å². The normalized spacial score (nSPS) is 26.1. The fourth-order valence-corrected chi connectivity index (χ4v) is 11.9. The predicted molar refractivity (Wildman–Crippen MR) is 210 cm³/mol. The second-order valence-corrected chi connectivity index (χ2v) is 17.5. The number of nitrogens with zero attached hydrogens (tertiary/aromatic N) is 1. The lowest BCUT2D eigenvalue weighted by atomic mass is 9.48. The van der Waals surface area contributed by atoms with Gasteiger partial charge in [0.1, 0.15) is 0 Å². The lowest BCUT2D eigenvalue weighted by Gasteiger charge is -2.57. The number of benzene rings is 5. The fraction of sp³-hybridized carbons (Fsp3) is 0.388. The molecular weight excluding hydrogens is 603 g/mol. The van der Waals surface area contributed by atoms with E-state index in [4.69, 9.17) is 0 Å². The molecular formula is C49H51N. The summed E-state index contributed by atoms with van der Waals surface area (Å²) in [5, 5.41) is 0. The standard InChI is InChI=1S/C49H51N/c1-48(2)46-28-40(49-30-33-25-34(31-49)27-35(26-33)32-49)17-23-44(46)45-24-22-43(29-47(45)48)50(41-18-13-38(14-19-41)36-9-5-3-6-10-36)42-20-15-39(16-21-42)37-11-7-4-8-12-37/h3,5-6,9-10,13-24,28-29,33-35,37H,4,7-8,11-12,25-27,30-32H2,1-2H3. The second-order valence-electron chi connectivity index (χ2n) is 17.5. The molecule has 5 aromatic rings. The van der Waals surface area contributed by atoms with E-state index in [1.807, 2.05) is 0 Å². The molecule has 0 saturated heterocycles. The zero-order chi connectivity index (χ0) is 33.5. The first-order valence-corrected chi connectivity index (χ1v) is 19.8. The fourth-order valence-electron chi connectivity index (χ4n) is 11.9. The summed E-state index contributed by atoms with van der Waals surface area (Å²) in [7, 11) is 0. The van der Waals surface area contributed by atoms with Crippen molar-refractivity contribution in [3.05, 3.63) is 138 Å². The minimum absolute atomic E-state index is 0.0490. The molecule has 5 saturated carbocycles. The van der Waals surface area contributed by atoms with Crippen molar-refractivity contribution in [2.45, 2.75) is 101 Å². The Labute approximate surface area is 299 Å². The summed E-state index contributed by atoms with van der Waals surface area (Å²) in [6.07, 6.45) is 15.5. The van der Waals surface area contributed by atoms with E-state index in [0.717, 1.165) is 17.8 Å². The van der Waals surface area contributed by atoms with E-state index in [1.165, 1.54) is 127 Å². The maximum atomic E-state index is 2.67. The van der Waals surface area contributed by atoms with Gasteiger partial charge in [0, 0.05) is 22.5 Å². The van der Waals surface area contributed by atoms with Crippen molar-refractivity contribution >= 4 is 17.1 Å². The number of hydrogen-bond acceptors (Lipinski definition) is 1. The van der Waals surface area contributed by atoms with Gasteiger partial charge in [-0.3, -0.25) is 0 Å². The third-order valence-electron chi connectivity index (χ3n) is 14.0. The van der Waals surface area contributed by atoms with Crippen molar-refractivity contribution < 1.29 is 0 Å². The largest absolute Gasteiger partial charge is 0.310 e. The van der Waals surface area contributed by atoms with Gasteiger partial charge in [0.15, 0.2) is 0 Å². The van der Waals surface area contributed by atoms with Gasteiger partial charge in [0.05, 0.1) is 0 Å². The highest BCUT2D eigenvalue weighted by molar-refractivity contribution is 5.86. The van der Waals surface area contributed by atoms with Crippen LogP contribution in [0.3, 0.4) is 0 Å². The summed E-state index contributed by atoms with van der Waals surface area (Å²) in [5.74, 6) is 3.60. The van der Waals surface area contributed by atoms with E-state index in [1.54, 1.807) is 5.56 Å². The molecule has 1 heteroatoms. The Morgan fingerprint density at radius 3 is 1.70 bits per heavy atom. The molecule has 0 aromatic heterocycles. The minimum atomic E-state index is -0.0490. The summed E-state index contributed by atoms with van der Waals surface area (Å²) in [4.78, 5) is 2.49. The molecule has 6 aliphatic carbocycles. The van der Waals surface area contributed by atoms with Gasteiger partial charge in [-0.1, -0.05) is 112 Å². The van der Waals surface area contributed by atoms with Gasteiger partial charge in [0.2, 0.25) is 0 Å². The highest BCUT2D eigenvalue weighted by atomic mass is 15.1. The van der Waals surface area contributed by atoms with Gasteiger partial charge >= 0.3 is 0 Å². The SMILES string of the molecule is CC1(C)c2cc(N(c3ccc(-c4ccccc4)cc3)c3ccc(C4CCCCC4)cc3)ccc2-c2ccc(C34CC5CC(CC(C5)C3)C4)cc21. The van der Waals surface area contributed by atoms with Crippen LogP contribution in [0.4, 0.5) is 17.1 Å². The quantitative estimate of drug-likeness (QED) is 0.176. The van der Waals surface area contributed by atoms with Crippen LogP contribution >= 0.6 is 0 Å². The van der Waals surface area contributed by atoms with Crippen LogP contribution in [0.2, 0.25) is 0 Å². The Morgan fingerprint density at radius 1 is 0.520 bits per heavy atom. The molecule has 0 unspecified atom stereocenters. The first-order chi connectivity index (χ1) is 24.4. The molecule has 5 fully saturated rings. The van der Waals surface area contributed by atoms with E-state index in [0.29, 0.717) is 11.3 Å². The first kappa shape index (κ1) is 30.7. The summed E-state index contributed by atoms with van der Waals surface area (Å²) < 4.78 is 0. The molecule has 4 bridgehead atoms. The Balaban J connectivity index is 1.03. The van der Waals surface area contributed by atoms with Crippen molar-refractivity contribution in [2.24, 2.45) is 17.8 Å². The minimum Gasteiger partial charge on any atom is -0.310 e. The molecule has 0 N–H and O–H groups in total. The van der Waals surface area contributed by atoms with E-state index in [2.05, 4.69) is 134 Å². The van der Waals surface area contributed by atoms with Gasteiger partial charge in [-0.2, -0.15) is 0 Å². The third-order valence-corrected chi connectivity index (χ3v) is 14.0. The van der Waals surface area contributed by atoms with Crippen LogP contribution in [0.1, 0.15) is 113 Å². The van der Waals surface area contributed by atoms with Crippen LogP contribution in [0.5, 0.6) is 0 Å². The molecule has 0 spiro atoms. The molecule has 50 heavy (non-hydrogen) atoms. The maximum Gasteiger partial charge on any atom is 0.0465 e. The Kier molecular flexibility index (Phi) is 7.20. The van der Waals surface area contributed by atoms with Crippen molar-refractivity contribution in [3.63, 3.8) is 0 Å². The predicted octanol–water partition coefficient (Wildman–Crippen LogP) is 13.6. The van der Waals surface area contributed by atoms with Gasteiger partial charge < -0.3 is 4.90 Å². The smallest absolute Gasteiger partial charge is 0.0465 e. The third kappa shape index (κ3) is 5.02. The van der Waals surface area contributed by atoms with Crippen molar-refractivity contribution in [2.75, 3.05) is 4.90 Å². The topological polar surface area (TPSA) is 3.24 Å². The molecule has 1 nitrogen and oxygen atoms in total. The highest BCUT2D eigenvalue weighted by Crippen LogP contribution is 2.62. The average Bonchev–Trinajstić information content (AvgIpc) is 3.37. The van der Waals surface area contributed by atoms with Crippen LogP contribution in [-0.4, -0.2) is 0 Å². The number of hydrogen-bond donors (Lipinski definition) is 0. The highest BCUT2D eigenvalue weighted by Gasteiger charge is 2.52. The molecule has 5 aromatic carbocycles. The molecule has 0 radical (unpaired) electrons. The monoisotopic (exact) mass is 653 g/mol. The summed E-state index contributed by atoms with van der Waals surface area (Å²) in [5.41, 5.74) is 15.6. The lowest BCUT2D eigenvalue weighted by Crippen LogP contribution is -2.48. The zero-order valence-corrected chi connectivity index (χ0v) is 30.0. The number of rotatable bonds is 6. The summed E-state index contributed by atoms with van der Waals surface area (Å²) in [6.45, 7) is 4.95. The molecule has 11 rings (SSSR count). The van der Waals surface area contributed by atoms with E-state index in [9.17, 15) is 0 Å². The van der Waals surface area contributed by atoms with E-state index >= 15 is 0 Å². The average molecular weight is 654 g/mol. The van der Waals surface area contributed by atoms with Crippen molar-refractivity contribution in [1.82, 2.24) is 0 Å². The van der Waals surface area contributed by atoms with Gasteiger partial charge in [-0.25, -0.2) is 0 Å². The summed E-state index contributed by atoms with van der Waals surface area (Å²) in [6, 6.07) is 44.5. The Morgan fingerprint density at radius 2 is 1.06 bits per heavy atom. The Hall–Kier alpha value is -4.10. The molecule has 6 aliphatic rings. The van der Waals surface area contributed by atoms with E-state index < -0.39 is 0 Å². The lowest BCUT2D eigenvalue weighted by molar-refractivity contribution is -0.00522. The van der Waals surface area contributed by atoms with Crippen LogP contribution < -0.4 is 4.90 Å². The zero-order valence-electron chi connectivity index (χ0n) is 30.0. The van der Waals surface area contributed by atoms with Crippen molar-refractivity contribution in [1.29, 1.82) is 0 Å². The van der Waals surface area contributed by atoms with Crippen LogP contribution in [0.25, 0.3) is 22.3 Å². The first-order valence-electron chi connectivity index (χ1n) is 19.8. The molecule has 0 amide bonds. The number of fused-ring (bicyclic) bond motifs is 3. The number of anilines is 3. The van der Waals surface area contributed by atoms with Gasteiger partial charge in [-0.05, 0) is 161 Å². The maximum absolute atomic E-state index is 2.67. The molecule has 0 heterocycles. The van der Waals surface area contributed by atoms with Crippen LogP contribution in [0.15, 0.2) is 115 Å². The summed E-state index contributed by atoms with van der Waals surface area (Å²) >= 11 is 0. The molecule has 252 valence electrons. The molecule has 0 aliphatic heterocycles. The van der Waals surface area contributed by atoms with Crippen molar-refractivity contribution in [3.8, 4) is 22.3 Å². The van der Waals surface area contributed by atoms with Crippen LogP contribution in [0, 0.1) is 17.8 Å². The van der Waals surface area contributed by atoms with Gasteiger partial charge in [-0.15, -0.1) is 0 Å². The molecule has 0 atom stereocenters. The van der Waals surface area contributed by atoms with Crippen LogP contribution in [-0.2, 0) is 10.8 Å². The Bertz CT molecular complexity index is 1990.